The molecule has 0 aliphatic rings. The van der Waals surface area contributed by atoms with Gasteiger partial charge in [0.25, 0.3) is 0 Å². The molecule has 0 bridgehead atoms. The summed E-state index contributed by atoms with van der Waals surface area (Å²) in [6.45, 7) is 2.58. The van der Waals surface area contributed by atoms with Crippen LogP contribution in [0.25, 0.3) is 0 Å². The lowest BCUT2D eigenvalue weighted by Crippen LogP contribution is -2.29. The predicted octanol–water partition coefficient (Wildman–Crippen LogP) is 2.57. The molecule has 21 heavy (non-hydrogen) atoms. The van der Waals surface area contributed by atoms with Crippen LogP contribution in [0.3, 0.4) is 0 Å². The molecule has 0 heterocycles. The molecule has 3 heteroatoms. The van der Waals surface area contributed by atoms with Crippen LogP contribution in [0, 0.1) is 0 Å². The normalized spacial score (nSPS) is 12.5. The zero-order valence-electron chi connectivity index (χ0n) is 12.4. The summed E-state index contributed by atoms with van der Waals surface area (Å²) in [5.74, 6) is 0. The van der Waals surface area contributed by atoms with Crippen LogP contribution in [-0.4, -0.2) is 29.7 Å². The van der Waals surface area contributed by atoms with Gasteiger partial charge in [0.1, 0.15) is 0 Å². The van der Waals surface area contributed by atoms with E-state index in [1.54, 1.807) is 0 Å². The van der Waals surface area contributed by atoms with E-state index >= 15 is 0 Å². The monoisotopic (exact) mass is 284 g/mol. The first-order valence-corrected chi connectivity index (χ1v) is 7.47. The molecular weight excluding hydrogens is 260 g/mol. The first-order valence-electron chi connectivity index (χ1n) is 7.47. The molecule has 0 aliphatic heterocycles. The first kappa shape index (κ1) is 15.7. The summed E-state index contributed by atoms with van der Waals surface area (Å²) in [7, 11) is 0. The molecule has 1 atom stereocenters. The summed E-state index contributed by atoms with van der Waals surface area (Å²) in [4.78, 5) is 2.25. The molecule has 0 fully saturated rings. The number of hydrogen-bond acceptors (Lipinski definition) is 3. The minimum absolute atomic E-state index is 0.0446. The lowest BCUT2D eigenvalue weighted by molar-refractivity contribution is 0.185. The minimum atomic E-state index is 0.0446. The summed E-state index contributed by atoms with van der Waals surface area (Å²) < 4.78 is 0. The fraction of sp³-hybridized carbons (Fsp3) is 0.333. The van der Waals surface area contributed by atoms with E-state index in [9.17, 15) is 5.11 Å². The average molecular weight is 284 g/mol. The quantitative estimate of drug-likeness (QED) is 0.783. The fourth-order valence-corrected chi connectivity index (χ4v) is 2.44. The molecule has 0 saturated carbocycles. The third kappa shape index (κ3) is 5.31. The van der Waals surface area contributed by atoms with E-state index in [1.165, 1.54) is 11.1 Å². The SMILES string of the molecule is NC(CCN(CCO)Cc1ccccc1)c1ccccc1. The molecule has 3 nitrogen and oxygen atoms in total. The second-order valence-electron chi connectivity index (χ2n) is 5.29. The van der Waals surface area contributed by atoms with Gasteiger partial charge in [-0.25, -0.2) is 0 Å². The Morgan fingerprint density at radius 1 is 0.905 bits per heavy atom. The van der Waals surface area contributed by atoms with Crippen LogP contribution in [-0.2, 0) is 6.54 Å². The molecule has 0 spiro atoms. The predicted molar refractivity (Wildman–Crippen MR) is 86.8 cm³/mol. The molecule has 2 rings (SSSR count). The van der Waals surface area contributed by atoms with Gasteiger partial charge in [0.05, 0.1) is 6.61 Å². The lowest BCUT2D eigenvalue weighted by atomic mass is 10.0. The highest BCUT2D eigenvalue weighted by atomic mass is 16.3. The number of nitrogens with two attached hydrogens (primary N) is 1. The van der Waals surface area contributed by atoms with Crippen molar-refractivity contribution in [2.75, 3.05) is 19.7 Å². The second-order valence-corrected chi connectivity index (χ2v) is 5.29. The van der Waals surface area contributed by atoms with Crippen molar-refractivity contribution in [2.45, 2.75) is 19.0 Å². The van der Waals surface area contributed by atoms with Gasteiger partial charge in [-0.3, -0.25) is 4.90 Å². The van der Waals surface area contributed by atoms with E-state index in [0.29, 0.717) is 6.54 Å². The van der Waals surface area contributed by atoms with Crippen LogP contribution in [0.5, 0.6) is 0 Å². The molecule has 112 valence electrons. The largest absolute Gasteiger partial charge is 0.395 e. The van der Waals surface area contributed by atoms with Gasteiger partial charge < -0.3 is 10.8 Å². The van der Waals surface area contributed by atoms with E-state index in [1.807, 2.05) is 36.4 Å². The van der Waals surface area contributed by atoms with E-state index < -0.39 is 0 Å². The third-order valence-corrected chi connectivity index (χ3v) is 3.65. The molecule has 0 saturated heterocycles. The van der Waals surface area contributed by atoms with Gasteiger partial charge in [0.2, 0.25) is 0 Å². The second kappa shape index (κ2) is 8.57. The van der Waals surface area contributed by atoms with Gasteiger partial charge in [-0.1, -0.05) is 60.7 Å². The topological polar surface area (TPSA) is 49.5 Å². The Morgan fingerprint density at radius 3 is 2.14 bits per heavy atom. The molecule has 2 aromatic carbocycles. The van der Waals surface area contributed by atoms with Crippen molar-refractivity contribution in [3.8, 4) is 0 Å². The van der Waals surface area contributed by atoms with Gasteiger partial charge in [0, 0.05) is 25.7 Å². The number of hydrogen-bond donors (Lipinski definition) is 2. The lowest BCUT2D eigenvalue weighted by Gasteiger charge is -2.23. The van der Waals surface area contributed by atoms with Crippen molar-refractivity contribution in [3.63, 3.8) is 0 Å². The van der Waals surface area contributed by atoms with Gasteiger partial charge >= 0.3 is 0 Å². The van der Waals surface area contributed by atoms with Crippen molar-refractivity contribution in [2.24, 2.45) is 5.73 Å². The summed E-state index contributed by atoms with van der Waals surface area (Å²) in [6, 6.07) is 20.6. The Bertz CT molecular complexity index is 501. The highest BCUT2D eigenvalue weighted by Gasteiger charge is 2.10. The highest BCUT2D eigenvalue weighted by Crippen LogP contribution is 2.14. The summed E-state index contributed by atoms with van der Waals surface area (Å²) >= 11 is 0. The van der Waals surface area contributed by atoms with Crippen molar-refractivity contribution in [3.05, 3.63) is 71.8 Å². The van der Waals surface area contributed by atoms with Gasteiger partial charge in [-0.2, -0.15) is 0 Å². The molecule has 0 amide bonds. The van der Waals surface area contributed by atoms with Gasteiger partial charge in [0.15, 0.2) is 0 Å². The van der Waals surface area contributed by atoms with Crippen LogP contribution in [0.1, 0.15) is 23.6 Å². The maximum Gasteiger partial charge on any atom is 0.0558 e. The summed E-state index contributed by atoms with van der Waals surface area (Å²) in [5.41, 5.74) is 8.67. The molecule has 3 N–H and O–H groups in total. The minimum Gasteiger partial charge on any atom is -0.395 e. The summed E-state index contributed by atoms with van der Waals surface area (Å²) in [6.07, 6.45) is 0.886. The molecule has 0 aromatic heterocycles. The Balaban J connectivity index is 1.88. The smallest absolute Gasteiger partial charge is 0.0558 e. The van der Waals surface area contributed by atoms with E-state index in [2.05, 4.69) is 29.2 Å². The Kier molecular flexibility index (Phi) is 6.41. The maximum absolute atomic E-state index is 9.22. The molecule has 0 aliphatic carbocycles. The van der Waals surface area contributed by atoms with Crippen molar-refractivity contribution < 1.29 is 5.11 Å². The van der Waals surface area contributed by atoms with Crippen LogP contribution in [0.2, 0.25) is 0 Å². The van der Waals surface area contributed by atoms with Gasteiger partial charge in [-0.05, 0) is 17.5 Å². The van der Waals surface area contributed by atoms with Crippen molar-refractivity contribution >= 4 is 0 Å². The zero-order valence-corrected chi connectivity index (χ0v) is 12.4. The van der Waals surface area contributed by atoms with Gasteiger partial charge in [-0.15, -0.1) is 0 Å². The average Bonchev–Trinajstić information content (AvgIpc) is 2.54. The van der Waals surface area contributed by atoms with Crippen LogP contribution in [0.15, 0.2) is 60.7 Å². The number of rotatable bonds is 8. The maximum atomic E-state index is 9.22. The van der Waals surface area contributed by atoms with E-state index in [-0.39, 0.29) is 12.6 Å². The Labute approximate surface area is 127 Å². The van der Waals surface area contributed by atoms with Crippen LogP contribution >= 0.6 is 0 Å². The van der Waals surface area contributed by atoms with E-state index in [4.69, 9.17) is 5.73 Å². The van der Waals surface area contributed by atoms with Crippen LogP contribution < -0.4 is 5.73 Å². The standard InChI is InChI=1S/C18H24N2O/c19-18(17-9-5-2-6-10-17)11-12-20(13-14-21)15-16-7-3-1-4-8-16/h1-10,18,21H,11-15,19H2. The van der Waals surface area contributed by atoms with Crippen molar-refractivity contribution in [1.82, 2.24) is 4.90 Å². The zero-order chi connectivity index (χ0) is 14.9. The van der Waals surface area contributed by atoms with E-state index in [0.717, 1.165) is 19.5 Å². The number of nitrogens with zero attached hydrogens (tertiary/aromatic N) is 1. The third-order valence-electron chi connectivity index (χ3n) is 3.65. The highest BCUT2D eigenvalue weighted by molar-refractivity contribution is 5.18. The first-order chi connectivity index (χ1) is 10.3. The fourth-order valence-electron chi connectivity index (χ4n) is 2.44. The molecule has 0 radical (unpaired) electrons. The Morgan fingerprint density at radius 2 is 1.52 bits per heavy atom. The van der Waals surface area contributed by atoms with Crippen LogP contribution in [0.4, 0.5) is 0 Å². The summed E-state index contributed by atoms with van der Waals surface area (Å²) in [5, 5.41) is 9.22. The number of benzene rings is 2. The van der Waals surface area contributed by atoms with Crippen molar-refractivity contribution in [1.29, 1.82) is 0 Å². The molecule has 2 aromatic rings. The number of aliphatic hydroxyl groups is 1. The molecule has 1 unspecified atom stereocenters. The Hall–Kier alpha value is -1.68. The molecular formula is C18H24N2O. The number of aliphatic hydroxyl groups excluding tert-OH is 1.